The van der Waals surface area contributed by atoms with Crippen molar-refractivity contribution in [2.75, 3.05) is 0 Å². The molecule has 0 spiro atoms. The van der Waals surface area contributed by atoms with E-state index in [0.717, 1.165) is 12.3 Å². The highest BCUT2D eigenvalue weighted by Gasteiger charge is 2.16. The molecule has 1 aliphatic rings. The number of furan rings is 1. The van der Waals surface area contributed by atoms with Crippen LogP contribution in [0.2, 0.25) is 0 Å². The third-order valence-electron chi connectivity index (χ3n) is 1.94. The summed E-state index contributed by atoms with van der Waals surface area (Å²) in [5.41, 5.74) is 0. The summed E-state index contributed by atoms with van der Waals surface area (Å²) in [5.74, 6) is 0.940. The largest absolute Gasteiger partial charge is 0.467 e. The SMILES string of the molecule is S=CC1NC=CN1Cc1ccco1. The lowest BCUT2D eigenvalue weighted by molar-refractivity contribution is 0.308. The van der Waals surface area contributed by atoms with Gasteiger partial charge in [-0.05, 0) is 12.1 Å². The predicted molar refractivity (Wildman–Crippen MR) is 54.0 cm³/mol. The van der Waals surface area contributed by atoms with E-state index in [-0.39, 0.29) is 6.17 Å². The molecule has 1 aromatic rings. The van der Waals surface area contributed by atoms with Crippen LogP contribution in [0.5, 0.6) is 0 Å². The van der Waals surface area contributed by atoms with Crippen molar-refractivity contribution in [2.24, 2.45) is 0 Å². The van der Waals surface area contributed by atoms with E-state index in [1.165, 1.54) is 0 Å². The van der Waals surface area contributed by atoms with E-state index in [2.05, 4.69) is 10.2 Å². The van der Waals surface area contributed by atoms with Crippen molar-refractivity contribution >= 4 is 17.6 Å². The highest BCUT2D eigenvalue weighted by atomic mass is 32.1. The normalized spacial score (nSPS) is 20.3. The molecule has 0 fully saturated rings. The van der Waals surface area contributed by atoms with Crippen LogP contribution < -0.4 is 5.32 Å². The highest BCUT2D eigenvalue weighted by molar-refractivity contribution is 7.79. The zero-order chi connectivity index (χ0) is 9.10. The molecule has 2 rings (SSSR count). The first kappa shape index (κ1) is 8.31. The zero-order valence-corrected chi connectivity index (χ0v) is 7.83. The van der Waals surface area contributed by atoms with Crippen LogP contribution in [0.25, 0.3) is 0 Å². The summed E-state index contributed by atoms with van der Waals surface area (Å²) in [6.07, 6.45) is 5.64. The Balaban J connectivity index is 2.01. The molecule has 0 aliphatic carbocycles. The Morgan fingerprint density at radius 3 is 3.31 bits per heavy atom. The topological polar surface area (TPSA) is 28.4 Å². The van der Waals surface area contributed by atoms with E-state index >= 15 is 0 Å². The molecule has 0 saturated carbocycles. The Morgan fingerprint density at radius 1 is 1.69 bits per heavy atom. The quantitative estimate of drug-likeness (QED) is 0.738. The summed E-state index contributed by atoms with van der Waals surface area (Å²) in [7, 11) is 0. The fourth-order valence-corrected chi connectivity index (χ4v) is 1.51. The van der Waals surface area contributed by atoms with Gasteiger partial charge in [0, 0.05) is 17.8 Å². The Kier molecular flexibility index (Phi) is 2.31. The van der Waals surface area contributed by atoms with Crippen molar-refractivity contribution in [3.63, 3.8) is 0 Å². The summed E-state index contributed by atoms with van der Waals surface area (Å²) >= 11 is 4.88. The van der Waals surface area contributed by atoms with Gasteiger partial charge in [0.2, 0.25) is 0 Å². The minimum atomic E-state index is 0.111. The van der Waals surface area contributed by atoms with Crippen LogP contribution in [0, 0.1) is 0 Å². The van der Waals surface area contributed by atoms with Crippen LogP contribution in [0.3, 0.4) is 0 Å². The lowest BCUT2D eigenvalue weighted by atomic mass is 10.4. The summed E-state index contributed by atoms with van der Waals surface area (Å²) in [6, 6.07) is 3.83. The minimum Gasteiger partial charge on any atom is -0.467 e. The van der Waals surface area contributed by atoms with E-state index in [4.69, 9.17) is 16.6 Å². The van der Waals surface area contributed by atoms with Crippen molar-refractivity contribution in [1.82, 2.24) is 10.2 Å². The molecule has 1 N–H and O–H groups in total. The third-order valence-corrected chi connectivity index (χ3v) is 2.20. The fraction of sp³-hybridized carbons (Fsp3) is 0.222. The third kappa shape index (κ3) is 1.72. The maximum absolute atomic E-state index is 5.24. The van der Waals surface area contributed by atoms with Crippen molar-refractivity contribution in [3.8, 4) is 0 Å². The first-order valence-electron chi connectivity index (χ1n) is 4.06. The van der Waals surface area contributed by atoms with Gasteiger partial charge in [-0.25, -0.2) is 0 Å². The Labute approximate surface area is 82.0 Å². The number of thiocarbonyl (C=S) groups is 1. The van der Waals surface area contributed by atoms with E-state index in [1.54, 1.807) is 11.6 Å². The number of hydrogen-bond acceptors (Lipinski definition) is 4. The van der Waals surface area contributed by atoms with Gasteiger partial charge in [0.1, 0.15) is 11.9 Å². The van der Waals surface area contributed by atoms with Gasteiger partial charge in [-0.2, -0.15) is 0 Å². The Morgan fingerprint density at radius 2 is 2.62 bits per heavy atom. The molecule has 0 amide bonds. The molecule has 1 aromatic heterocycles. The molecule has 4 heteroatoms. The molecule has 0 radical (unpaired) electrons. The molecule has 0 bridgehead atoms. The lowest BCUT2D eigenvalue weighted by Gasteiger charge is -2.20. The molecule has 68 valence electrons. The van der Waals surface area contributed by atoms with Gasteiger partial charge >= 0.3 is 0 Å². The number of rotatable bonds is 3. The monoisotopic (exact) mass is 194 g/mol. The highest BCUT2D eigenvalue weighted by Crippen LogP contribution is 2.10. The predicted octanol–water partition coefficient (Wildman–Crippen LogP) is 1.48. The van der Waals surface area contributed by atoms with Crippen LogP contribution >= 0.6 is 12.2 Å². The second-order valence-corrected chi connectivity index (χ2v) is 3.09. The van der Waals surface area contributed by atoms with Crippen molar-refractivity contribution in [1.29, 1.82) is 0 Å². The standard InChI is InChI=1S/C9H10N2OS/c13-7-9-10-3-4-11(9)6-8-2-1-5-12-8/h1-5,7,9-10H,6H2. The van der Waals surface area contributed by atoms with Gasteiger partial charge in [0.05, 0.1) is 12.8 Å². The maximum atomic E-state index is 5.24. The molecule has 2 heterocycles. The van der Waals surface area contributed by atoms with Crippen molar-refractivity contribution < 1.29 is 4.42 Å². The average Bonchev–Trinajstić information content (AvgIpc) is 2.76. The van der Waals surface area contributed by atoms with Crippen LogP contribution in [-0.4, -0.2) is 16.4 Å². The average molecular weight is 194 g/mol. The summed E-state index contributed by atoms with van der Waals surface area (Å²) in [6.45, 7) is 0.744. The first-order chi connectivity index (χ1) is 6.40. The lowest BCUT2D eigenvalue weighted by Crippen LogP contribution is -2.35. The van der Waals surface area contributed by atoms with Gasteiger partial charge in [0.15, 0.2) is 0 Å². The van der Waals surface area contributed by atoms with Crippen LogP contribution in [0.4, 0.5) is 0 Å². The van der Waals surface area contributed by atoms with Crippen LogP contribution in [-0.2, 0) is 6.54 Å². The zero-order valence-electron chi connectivity index (χ0n) is 7.01. The van der Waals surface area contributed by atoms with Crippen LogP contribution in [0.15, 0.2) is 35.2 Å². The van der Waals surface area contributed by atoms with E-state index < -0.39 is 0 Å². The molecular formula is C9H10N2OS. The minimum absolute atomic E-state index is 0.111. The smallest absolute Gasteiger partial charge is 0.128 e. The van der Waals surface area contributed by atoms with Crippen molar-refractivity contribution in [2.45, 2.75) is 12.7 Å². The molecule has 0 aromatic carbocycles. The second kappa shape index (κ2) is 3.62. The van der Waals surface area contributed by atoms with Gasteiger partial charge in [0.25, 0.3) is 0 Å². The molecule has 1 unspecified atom stereocenters. The van der Waals surface area contributed by atoms with Gasteiger partial charge in [-0.1, -0.05) is 12.2 Å². The number of nitrogens with one attached hydrogen (secondary N) is 1. The van der Waals surface area contributed by atoms with E-state index in [0.29, 0.717) is 0 Å². The van der Waals surface area contributed by atoms with E-state index in [1.807, 2.05) is 24.5 Å². The summed E-state index contributed by atoms with van der Waals surface area (Å²) < 4.78 is 5.24. The van der Waals surface area contributed by atoms with E-state index in [9.17, 15) is 0 Å². The maximum Gasteiger partial charge on any atom is 0.128 e. The second-order valence-electron chi connectivity index (χ2n) is 2.82. The van der Waals surface area contributed by atoms with Gasteiger partial charge in [-0.15, -0.1) is 0 Å². The fourth-order valence-electron chi connectivity index (χ4n) is 1.28. The molecule has 1 atom stereocenters. The Hall–Kier alpha value is -1.29. The molecule has 0 saturated heterocycles. The number of nitrogens with zero attached hydrogens (tertiary/aromatic N) is 1. The molecule has 1 aliphatic heterocycles. The van der Waals surface area contributed by atoms with Gasteiger partial charge in [-0.3, -0.25) is 0 Å². The molecule has 3 nitrogen and oxygen atoms in total. The Bertz CT molecular complexity index is 307. The van der Waals surface area contributed by atoms with Crippen LogP contribution in [0.1, 0.15) is 5.76 Å². The molecule has 13 heavy (non-hydrogen) atoms. The summed E-state index contributed by atoms with van der Waals surface area (Å²) in [5, 5.41) is 4.81. The van der Waals surface area contributed by atoms with Crippen molar-refractivity contribution in [3.05, 3.63) is 36.6 Å². The number of hydrogen-bond donors (Lipinski definition) is 1. The first-order valence-corrected chi connectivity index (χ1v) is 4.53. The molecular weight excluding hydrogens is 184 g/mol. The van der Waals surface area contributed by atoms with Gasteiger partial charge < -0.3 is 14.6 Å². The summed E-state index contributed by atoms with van der Waals surface area (Å²) in [4.78, 5) is 2.08.